The number of rotatable bonds is 3. The van der Waals surface area contributed by atoms with Crippen LogP contribution in [0.15, 0.2) is 18.2 Å². The summed E-state index contributed by atoms with van der Waals surface area (Å²) in [7, 11) is 0. The molecule has 0 saturated heterocycles. The third kappa shape index (κ3) is 3.12. The quantitative estimate of drug-likeness (QED) is 0.778. The summed E-state index contributed by atoms with van der Waals surface area (Å²) in [5, 5.41) is 23.1. The highest BCUT2D eigenvalue weighted by Crippen LogP contribution is 2.26. The molecule has 0 radical (unpaired) electrons. The first-order valence-electron chi connectivity index (χ1n) is 6.04. The van der Waals surface area contributed by atoms with Gasteiger partial charge in [-0.05, 0) is 31.0 Å². The summed E-state index contributed by atoms with van der Waals surface area (Å²) >= 11 is 5.88. The van der Waals surface area contributed by atoms with Gasteiger partial charge in [0.15, 0.2) is 0 Å². The Balaban J connectivity index is 2.11. The Morgan fingerprint density at radius 2 is 2.06 bits per heavy atom. The molecule has 1 aliphatic carbocycles. The molecule has 1 fully saturated rings. The Labute approximate surface area is 106 Å². The fourth-order valence-corrected chi connectivity index (χ4v) is 2.51. The topological polar surface area (TPSA) is 52.5 Å². The Bertz CT molecular complexity index is 384. The number of anilines is 1. The van der Waals surface area contributed by atoms with E-state index in [0.717, 1.165) is 36.9 Å². The summed E-state index contributed by atoms with van der Waals surface area (Å²) in [6.45, 7) is -0.0499. The minimum atomic E-state index is -0.300. The summed E-state index contributed by atoms with van der Waals surface area (Å²) in [5.41, 5.74) is 1.64. The maximum atomic E-state index is 9.90. The molecule has 0 spiro atoms. The van der Waals surface area contributed by atoms with Gasteiger partial charge in [0.1, 0.15) is 0 Å². The van der Waals surface area contributed by atoms with Gasteiger partial charge in [0.25, 0.3) is 0 Å². The second kappa shape index (κ2) is 5.71. The van der Waals surface area contributed by atoms with Gasteiger partial charge in [-0.2, -0.15) is 0 Å². The van der Waals surface area contributed by atoms with Gasteiger partial charge < -0.3 is 15.5 Å². The molecule has 1 aliphatic rings. The monoisotopic (exact) mass is 255 g/mol. The van der Waals surface area contributed by atoms with E-state index in [1.807, 2.05) is 6.07 Å². The van der Waals surface area contributed by atoms with Crippen LogP contribution in [0.5, 0.6) is 0 Å². The summed E-state index contributed by atoms with van der Waals surface area (Å²) in [4.78, 5) is 0. The Morgan fingerprint density at radius 3 is 2.76 bits per heavy atom. The van der Waals surface area contributed by atoms with Gasteiger partial charge in [0, 0.05) is 16.3 Å². The first-order chi connectivity index (χ1) is 8.20. The van der Waals surface area contributed by atoms with Crippen molar-refractivity contribution in [2.75, 3.05) is 5.32 Å². The van der Waals surface area contributed by atoms with E-state index in [0.29, 0.717) is 5.02 Å². The molecule has 0 bridgehead atoms. The van der Waals surface area contributed by atoms with E-state index in [4.69, 9.17) is 11.6 Å². The minimum absolute atomic E-state index is 0.0499. The number of hydrogen-bond donors (Lipinski definition) is 3. The smallest absolute Gasteiger partial charge is 0.0741 e. The van der Waals surface area contributed by atoms with E-state index < -0.39 is 0 Å². The lowest BCUT2D eigenvalue weighted by atomic mass is 9.92. The normalized spacial score (nSPS) is 24.6. The van der Waals surface area contributed by atoms with E-state index in [1.54, 1.807) is 12.1 Å². The zero-order valence-corrected chi connectivity index (χ0v) is 10.5. The second-order valence-electron chi connectivity index (χ2n) is 4.56. The molecule has 0 unspecified atom stereocenters. The van der Waals surface area contributed by atoms with Crippen LogP contribution < -0.4 is 5.32 Å². The Morgan fingerprint density at radius 1 is 1.29 bits per heavy atom. The van der Waals surface area contributed by atoms with Crippen LogP contribution >= 0.6 is 11.6 Å². The highest BCUT2D eigenvalue weighted by molar-refractivity contribution is 6.30. The molecule has 94 valence electrons. The molecule has 0 aliphatic heterocycles. The van der Waals surface area contributed by atoms with Gasteiger partial charge in [-0.1, -0.05) is 24.4 Å². The van der Waals surface area contributed by atoms with Crippen molar-refractivity contribution in [3.05, 3.63) is 28.8 Å². The second-order valence-corrected chi connectivity index (χ2v) is 5.00. The van der Waals surface area contributed by atoms with Crippen molar-refractivity contribution >= 4 is 17.3 Å². The number of nitrogens with one attached hydrogen (secondary N) is 1. The van der Waals surface area contributed by atoms with Crippen LogP contribution in [0.4, 0.5) is 5.69 Å². The molecule has 0 heterocycles. The largest absolute Gasteiger partial charge is 0.392 e. The summed E-state index contributed by atoms with van der Waals surface area (Å²) in [5.74, 6) is 0. The van der Waals surface area contributed by atoms with Crippen LogP contribution in [0.25, 0.3) is 0 Å². The van der Waals surface area contributed by atoms with Crippen molar-refractivity contribution < 1.29 is 10.2 Å². The first kappa shape index (κ1) is 12.7. The average molecular weight is 256 g/mol. The molecule has 0 amide bonds. The Kier molecular flexibility index (Phi) is 4.26. The number of aliphatic hydroxyl groups excluding tert-OH is 2. The van der Waals surface area contributed by atoms with Gasteiger partial charge in [-0.3, -0.25) is 0 Å². The first-order valence-corrected chi connectivity index (χ1v) is 6.42. The SMILES string of the molecule is OCc1cc(Cl)ccc1N[C@H]1CCCC[C@@H]1O. The van der Waals surface area contributed by atoms with Crippen LogP contribution in [0, 0.1) is 0 Å². The maximum Gasteiger partial charge on any atom is 0.0741 e. The van der Waals surface area contributed by atoms with E-state index in [1.165, 1.54) is 0 Å². The fraction of sp³-hybridized carbons (Fsp3) is 0.538. The molecular weight excluding hydrogens is 238 g/mol. The van der Waals surface area contributed by atoms with Crippen molar-refractivity contribution in [2.45, 2.75) is 44.4 Å². The predicted octanol–water partition coefficient (Wildman–Crippen LogP) is 2.55. The van der Waals surface area contributed by atoms with Crippen molar-refractivity contribution in [3.8, 4) is 0 Å². The maximum absolute atomic E-state index is 9.90. The molecule has 2 atom stereocenters. The minimum Gasteiger partial charge on any atom is -0.392 e. The molecule has 1 saturated carbocycles. The van der Waals surface area contributed by atoms with Crippen LogP contribution in [0.2, 0.25) is 5.02 Å². The number of halogens is 1. The third-order valence-electron chi connectivity index (χ3n) is 3.31. The van der Waals surface area contributed by atoms with Crippen molar-refractivity contribution in [3.63, 3.8) is 0 Å². The van der Waals surface area contributed by atoms with Crippen molar-refractivity contribution in [2.24, 2.45) is 0 Å². The number of hydrogen-bond acceptors (Lipinski definition) is 3. The molecule has 3 nitrogen and oxygen atoms in total. The number of aliphatic hydroxyl groups is 2. The van der Waals surface area contributed by atoms with E-state index in [9.17, 15) is 10.2 Å². The molecule has 4 heteroatoms. The highest BCUT2D eigenvalue weighted by atomic mass is 35.5. The van der Waals surface area contributed by atoms with Crippen molar-refractivity contribution in [1.29, 1.82) is 0 Å². The lowest BCUT2D eigenvalue weighted by Gasteiger charge is -2.30. The van der Waals surface area contributed by atoms with E-state index in [2.05, 4.69) is 5.32 Å². The van der Waals surface area contributed by atoms with Crippen LogP contribution in [0.1, 0.15) is 31.2 Å². The predicted molar refractivity (Wildman–Crippen MR) is 69.3 cm³/mol. The zero-order chi connectivity index (χ0) is 12.3. The number of benzene rings is 1. The van der Waals surface area contributed by atoms with Crippen LogP contribution in [-0.2, 0) is 6.61 Å². The Hall–Kier alpha value is -0.770. The van der Waals surface area contributed by atoms with Gasteiger partial charge in [0.2, 0.25) is 0 Å². The molecular formula is C13H18ClNO2. The molecule has 3 N–H and O–H groups in total. The highest BCUT2D eigenvalue weighted by Gasteiger charge is 2.23. The van der Waals surface area contributed by atoms with Crippen LogP contribution in [-0.4, -0.2) is 22.4 Å². The van der Waals surface area contributed by atoms with Gasteiger partial charge in [-0.25, -0.2) is 0 Å². The standard InChI is InChI=1S/C13H18ClNO2/c14-10-5-6-11(9(7-10)8-16)15-12-3-1-2-4-13(12)17/h5-7,12-13,15-17H,1-4,8H2/t12-,13-/m0/s1. The molecule has 1 aromatic carbocycles. The molecule has 1 aromatic rings. The fourth-order valence-electron chi connectivity index (χ4n) is 2.31. The molecule has 2 rings (SSSR count). The molecule has 0 aromatic heterocycles. The van der Waals surface area contributed by atoms with Crippen LogP contribution in [0.3, 0.4) is 0 Å². The van der Waals surface area contributed by atoms with Crippen molar-refractivity contribution in [1.82, 2.24) is 0 Å². The van der Waals surface area contributed by atoms with Gasteiger partial charge in [0.05, 0.1) is 18.8 Å². The lowest BCUT2D eigenvalue weighted by Crippen LogP contribution is -2.36. The average Bonchev–Trinajstić information content (AvgIpc) is 2.34. The summed E-state index contributed by atoms with van der Waals surface area (Å²) in [6, 6.07) is 5.47. The summed E-state index contributed by atoms with van der Waals surface area (Å²) < 4.78 is 0. The zero-order valence-electron chi connectivity index (χ0n) is 9.69. The summed E-state index contributed by atoms with van der Waals surface area (Å²) in [6.07, 6.45) is 3.74. The lowest BCUT2D eigenvalue weighted by molar-refractivity contribution is 0.116. The molecule has 17 heavy (non-hydrogen) atoms. The van der Waals surface area contributed by atoms with Gasteiger partial charge in [-0.15, -0.1) is 0 Å². The van der Waals surface area contributed by atoms with Gasteiger partial charge >= 0.3 is 0 Å². The van der Waals surface area contributed by atoms with E-state index >= 15 is 0 Å². The van der Waals surface area contributed by atoms with E-state index in [-0.39, 0.29) is 18.8 Å². The third-order valence-corrected chi connectivity index (χ3v) is 3.54.